The smallest absolute Gasteiger partial charge is 0.269 e. The number of carbonyl (C=O) groups is 1. The molecule has 1 aliphatic carbocycles. The summed E-state index contributed by atoms with van der Waals surface area (Å²) in [7, 11) is 0. The lowest BCUT2D eigenvalue weighted by Gasteiger charge is -2.26. The van der Waals surface area contributed by atoms with E-state index in [9.17, 15) is 9.18 Å². The van der Waals surface area contributed by atoms with Crippen LogP contribution in [0.3, 0.4) is 0 Å². The Morgan fingerprint density at radius 1 is 1.53 bits per heavy atom. The van der Waals surface area contributed by atoms with Gasteiger partial charge in [0.05, 0.1) is 6.04 Å². The van der Waals surface area contributed by atoms with E-state index in [1.165, 1.54) is 6.20 Å². The number of halogens is 1. The quantitative estimate of drug-likeness (QED) is 0.777. The van der Waals surface area contributed by atoms with Crippen molar-refractivity contribution in [3.63, 3.8) is 0 Å². The van der Waals surface area contributed by atoms with Gasteiger partial charge in [0.15, 0.2) is 0 Å². The fraction of sp³-hybridized carbons (Fsp3) is 0.600. The summed E-state index contributed by atoms with van der Waals surface area (Å²) in [6, 6.07) is 1.24. The van der Waals surface area contributed by atoms with Crippen LogP contribution in [-0.4, -0.2) is 28.3 Å². The highest BCUT2D eigenvalue weighted by atomic mass is 19.1. The summed E-state index contributed by atoms with van der Waals surface area (Å²) in [5.74, 6) is -0.276. The van der Waals surface area contributed by atoms with Crippen LogP contribution in [0.1, 0.15) is 36.2 Å². The number of amides is 1. The average molecular weight is 211 g/mol. The molecule has 1 aromatic heterocycles. The van der Waals surface area contributed by atoms with E-state index >= 15 is 0 Å². The van der Waals surface area contributed by atoms with Crippen molar-refractivity contribution >= 4 is 5.91 Å². The Balaban J connectivity index is 1.93. The molecule has 0 unspecified atom stereocenters. The summed E-state index contributed by atoms with van der Waals surface area (Å²) in [6.45, 7) is 0. The Morgan fingerprint density at radius 2 is 2.33 bits per heavy atom. The number of aromatic nitrogens is 2. The van der Waals surface area contributed by atoms with E-state index in [1.54, 1.807) is 6.07 Å². The van der Waals surface area contributed by atoms with E-state index in [2.05, 4.69) is 15.5 Å². The van der Waals surface area contributed by atoms with Crippen LogP contribution in [-0.2, 0) is 0 Å². The molecule has 1 aromatic rings. The molecule has 5 heteroatoms. The Kier molecular flexibility index (Phi) is 2.99. The lowest BCUT2D eigenvalue weighted by molar-refractivity contribution is 0.0879. The SMILES string of the molecule is O=C(N[C@@H]1CCCC[C@H]1F)c1ccn[nH]1. The maximum absolute atomic E-state index is 13.4. The van der Waals surface area contributed by atoms with Crippen LogP contribution >= 0.6 is 0 Å². The lowest BCUT2D eigenvalue weighted by Crippen LogP contribution is -2.43. The first-order valence-electron chi connectivity index (χ1n) is 5.21. The molecule has 0 saturated heterocycles. The van der Waals surface area contributed by atoms with Gasteiger partial charge in [-0.2, -0.15) is 5.10 Å². The molecule has 1 fully saturated rings. The van der Waals surface area contributed by atoms with E-state index in [0.29, 0.717) is 12.1 Å². The fourth-order valence-electron chi connectivity index (χ4n) is 1.88. The van der Waals surface area contributed by atoms with Gasteiger partial charge in [-0.15, -0.1) is 0 Å². The number of rotatable bonds is 2. The molecular formula is C10H14FN3O. The molecule has 2 rings (SSSR count). The number of nitrogens with one attached hydrogen (secondary N) is 2. The molecule has 1 heterocycles. The van der Waals surface area contributed by atoms with E-state index in [0.717, 1.165) is 19.3 Å². The number of alkyl halides is 1. The molecule has 4 nitrogen and oxygen atoms in total. The van der Waals surface area contributed by atoms with E-state index in [-0.39, 0.29) is 11.9 Å². The van der Waals surface area contributed by atoms with Crippen molar-refractivity contribution < 1.29 is 9.18 Å². The second-order valence-electron chi connectivity index (χ2n) is 3.85. The number of carbonyl (C=O) groups excluding carboxylic acids is 1. The highest BCUT2D eigenvalue weighted by Gasteiger charge is 2.26. The van der Waals surface area contributed by atoms with Crippen LogP contribution in [0.5, 0.6) is 0 Å². The monoisotopic (exact) mass is 211 g/mol. The number of nitrogens with zero attached hydrogens (tertiary/aromatic N) is 1. The molecule has 0 aliphatic heterocycles. The second kappa shape index (κ2) is 4.42. The van der Waals surface area contributed by atoms with Crippen molar-refractivity contribution in [3.05, 3.63) is 18.0 Å². The van der Waals surface area contributed by atoms with Gasteiger partial charge in [0.2, 0.25) is 0 Å². The summed E-state index contributed by atoms with van der Waals surface area (Å²) in [5, 5.41) is 8.92. The van der Waals surface area contributed by atoms with E-state index < -0.39 is 6.17 Å². The van der Waals surface area contributed by atoms with Crippen molar-refractivity contribution in [2.75, 3.05) is 0 Å². The molecule has 0 spiro atoms. The summed E-state index contributed by atoms with van der Waals surface area (Å²) in [6.07, 6.45) is 3.76. The molecule has 2 atom stereocenters. The van der Waals surface area contributed by atoms with Crippen LogP contribution in [0.25, 0.3) is 0 Å². The maximum atomic E-state index is 13.4. The summed E-state index contributed by atoms with van der Waals surface area (Å²) in [4.78, 5) is 11.6. The molecule has 0 radical (unpaired) electrons. The molecule has 0 aromatic carbocycles. The molecule has 1 aliphatic rings. The van der Waals surface area contributed by atoms with Gasteiger partial charge in [-0.1, -0.05) is 12.8 Å². The predicted molar refractivity (Wildman–Crippen MR) is 53.2 cm³/mol. The average Bonchev–Trinajstić information content (AvgIpc) is 2.74. The zero-order valence-electron chi connectivity index (χ0n) is 8.37. The van der Waals surface area contributed by atoms with Crippen molar-refractivity contribution in [1.82, 2.24) is 15.5 Å². The van der Waals surface area contributed by atoms with Gasteiger partial charge in [-0.05, 0) is 18.9 Å². The highest BCUT2D eigenvalue weighted by Crippen LogP contribution is 2.21. The standard InChI is InChI=1S/C10H14FN3O/c11-7-3-1-2-4-8(7)13-10(15)9-5-6-12-14-9/h5-8H,1-4H2,(H,12,14)(H,13,15)/t7-,8-/m1/s1. The van der Waals surface area contributed by atoms with Gasteiger partial charge >= 0.3 is 0 Å². The molecular weight excluding hydrogens is 197 g/mol. The third kappa shape index (κ3) is 2.34. The topological polar surface area (TPSA) is 57.8 Å². The highest BCUT2D eigenvalue weighted by molar-refractivity contribution is 5.92. The normalized spacial score (nSPS) is 26.2. The van der Waals surface area contributed by atoms with Crippen molar-refractivity contribution in [3.8, 4) is 0 Å². The van der Waals surface area contributed by atoms with Crippen molar-refractivity contribution in [1.29, 1.82) is 0 Å². The van der Waals surface area contributed by atoms with Gasteiger partial charge in [0, 0.05) is 6.20 Å². The maximum Gasteiger partial charge on any atom is 0.269 e. The minimum Gasteiger partial charge on any atom is -0.345 e. The molecule has 82 valence electrons. The summed E-state index contributed by atoms with van der Waals surface area (Å²) >= 11 is 0. The van der Waals surface area contributed by atoms with E-state index in [1.807, 2.05) is 0 Å². The van der Waals surface area contributed by atoms with Gasteiger partial charge in [0.25, 0.3) is 5.91 Å². The summed E-state index contributed by atoms with van der Waals surface area (Å²) in [5.41, 5.74) is 0.382. The van der Waals surface area contributed by atoms with Crippen LogP contribution in [0, 0.1) is 0 Å². The number of hydrogen-bond donors (Lipinski definition) is 2. The van der Waals surface area contributed by atoms with Gasteiger partial charge in [-0.3, -0.25) is 9.89 Å². The largest absolute Gasteiger partial charge is 0.345 e. The van der Waals surface area contributed by atoms with Crippen LogP contribution < -0.4 is 5.32 Å². The minimum atomic E-state index is -0.911. The van der Waals surface area contributed by atoms with Crippen LogP contribution in [0.4, 0.5) is 4.39 Å². The third-order valence-corrected chi connectivity index (χ3v) is 2.74. The predicted octanol–water partition coefficient (Wildman–Crippen LogP) is 1.42. The Bertz CT molecular complexity index is 325. The first-order chi connectivity index (χ1) is 7.27. The first-order valence-corrected chi connectivity index (χ1v) is 5.21. The van der Waals surface area contributed by atoms with Gasteiger partial charge in [-0.25, -0.2) is 4.39 Å². The zero-order valence-corrected chi connectivity index (χ0v) is 8.37. The second-order valence-corrected chi connectivity index (χ2v) is 3.85. The van der Waals surface area contributed by atoms with E-state index in [4.69, 9.17) is 0 Å². The van der Waals surface area contributed by atoms with Gasteiger partial charge < -0.3 is 5.32 Å². The first kappa shape index (κ1) is 10.1. The minimum absolute atomic E-state index is 0.276. The fourth-order valence-corrected chi connectivity index (χ4v) is 1.88. The van der Waals surface area contributed by atoms with Crippen LogP contribution in [0.15, 0.2) is 12.3 Å². The van der Waals surface area contributed by atoms with Crippen molar-refractivity contribution in [2.45, 2.75) is 37.9 Å². The Morgan fingerprint density at radius 3 is 3.00 bits per heavy atom. The lowest BCUT2D eigenvalue weighted by atomic mass is 9.93. The number of hydrogen-bond acceptors (Lipinski definition) is 2. The van der Waals surface area contributed by atoms with Crippen molar-refractivity contribution in [2.24, 2.45) is 0 Å². The molecule has 2 N–H and O–H groups in total. The van der Waals surface area contributed by atoms with Gasteiger partial charge in [0.1, 0.15) is 11.9 Å². The molecule has 15 heavy (non-hydrogen) atoms. The number of H-pyrrole nitrogens is 1. The molecule has 0 bridgehead atoms. The zero-order chi connectivity index (χ0) is 10.7. The Hall–Kier alpha value is -1.39. The molecule has 1 amide bonds. The summed E-state index contributed by atoms with van der Waals surface area (Å²) < 4.78 is 13.4. The number of aromatic amines is 1. The Labute approximate surface area is 87.3 Å². The third-order valence-electron chi connectivity index (χ3n) is 2.74. The van der Waals surface area contributed by atoms with Crippen LogP contribution in [0.2, 0.25) is 0 Å². The molecule has 1 saturated carbocycles.